The highest BCUT2D eigenvalue weighted by molar-refractivity contribution is 7.84. The lowest BCUT2D eigenvalue weighted by Gasteiger charge is -2.08. The molecule has 0 radical (unpaired) electrons. The molecule has 0 saturated carbocycles. The Morgan fingerprint density at radius 2 is 1.91 bits per heavy atom. The number of rotatable bonds is 5. The van der Waals surface area contributed by atoms with Crippen molar-refractivity contribution in [2.24, 2.45) is 0 Å². The third kappa shape index (κ3) is 4.91. The second-order valence-corrected chi connectivity index (χ2v) is 6.37. The highest BCUT2D eigenvalue weighted by Gasteiger charge is 2.16. The minimum atomic E-state index is -1.33. The van der Waals surface area contributed by atoms with Gasteiger partial charge < -0.3 is 10.1 Å². The van der Waals surface area contributed by atoms with Crippen molar-refractivity contribution in [3.63, 3.8) is 0 Å². The van der Waals surface area contributed by atoms with Gasteiger partial charge in [-0.05, 0) is 30.3 Å². The molecule has 0 bridgehead atoms. The van der Waals surface area contributed by atoms with Crippen LogP contribution in [0.1, 0.15) is 10.4 Å². The Balaban J connectivity index is 1.97. The molecule has 1 amide bonds. The zero-order valence-corrected chi connectivity index (χ0v) is 13.8. The molecule has 5 nitrogen and oxygen atoms in total. The van der Waals surface area contributed by atoms with Crippen molar-refractivity contribution in [2.45, 2.75) is 4.90 Å². The van der Waals surface area contributed by atoms with E-state index in [9.17, 15) is 13.8 Å². The maximum Gasteiger partial charge on any atom is 0.339 e. The molecule has 0 unspecified atom stereocenters. The Kier molecular flexibility index (Phi) is 5.90. The predicted octanol–water partition coefficient (Wildman–Crippen LogP) is 2.87. The summed E-state index contributed by atoms with van der Waals surface area (Å²) in [4.78, 5) is 24.2. The molecule has 0 spiro atoms. The molecule has 7 heteroatoms. The van der Waals surface area contributed by atoms with E-state index in [2.05, 4.69) is 5.32 Å². The molecule has 0 heterocycles. The molecule has 1 atom stereocenters. The standard InChI is InChI=1S/C16H14ClNO4S/c1-23(21)14-8-3-2-7-13(14)16(20)22-10-15(19)18-12-6-4-5-11(17)9-12/h2-9H,10H2,1H3,(H,18,19)/t23-/m0/s1. The molecule has 0 aliphatic carbocycles. The van der Waals surface area contributed by atoms with E-state index in [1.807, 2.05) is 0 Å². The van der Waals surface area contributed by atoms with Gasteiger partial charge in [0, 0.05) is 17.0 Å². The SMILES string of the molecule is C[S@](=O)c1ccccc1C(=O)OCC(=O)Nc1cccc(Cl)c1. The van der Waals surface area contributed by atoms with Crippen molar-refractivity contribution in [1.82, 2.24) is 0 Å². The highest BCUT2D eigenvalue weighted by Crippen LogP contribution is 2.15. The van der Waals surface area contributed by atoms with E-state index in [1.54, 1.807) is 42.5 Å². The van der Waals surface area contributed by atoms with Crippen molar-refractivity contribution >= 4 is 40.0 Å². The van der Waals surface area contributed by atoms with Crippen molar-refractivity contribution < 1.29 is 18.5 Å². The number of benzene rings is 2. The summed E-state index contributed by atoms with van der Waals surface area (Å²) in [7, 11) is -1.33. The Morgan fingerprint density at radius 1 is 1.17 bits per heavy atom. The van der Waals surface area contributed by atoms with E-state index < -0.39 is 29.3 Å². The highest BCUT2D eigenvalue weighted by atomic mass is 35.5. The fourth-order valence-corrected chi connectivity index (χ4v) is 2.78. The third-order valence-corrected chi connectivity index (χ3v) is 4.07. The Labute approximate surface area is 141 Å². The Morgan fingerprint density at radius 3 is 2.61 bits per heavy atom. The summed E-state index contributed by atoms with van der Waals surface area (Å²) in [5.41, 5.74) is 0.692. The maximum atomic E-state index is 12.0. The molecule has 2 aromatic rings. The monoisotopic (exact) mass is 351 g/mol. The van der Waals surface area contributed by atoms with E-state index >= 15 is 0 Å². The normalized spacial score (nSPS) is 11.6. The van der Waals surface area contributed by atoms with Crippen LogP contribution < -0.4 is 5.32 Å². The van der Waals surface area contributed by atoms with Crippen LogP contribution in [0.25, 0.3) is 0 Å². The maximum absolute atomic E-state index is 12.0. The Hall–Kier alpha value is -2.18. The second-order valence-electron chi connectivity index (χ2n) is 4.58. The van der Waals surface area contributed by atoms with Crippen LogP contribution in [0.2, 0.25) is 5.02 Å². The minimum absolute atomic E-state index is 0.184. The van der Waals surface area contributed by atoms with E-state index in [-0.39, 0.29) is 5.56 Å². The first-order chi connectivity index (χ1) is 11.0. The molecular formula is C16H14ClNO4S. The number of nitrogens with one attached hydrogen (secondary N) is 1. The topological polar surface area (TPSA) is 72.5 Å². The fraction of sp³-hybridized carbons (Fsp3) is 0.125. The van der Waals surface area contributed by atoms with E-state index in [0.29, 0.717) is 15.6 Å². The molecule has 0 aliphatic rings. The van der Waals surface area contributed by atoms with Crippen LogP contribution in [0, 0.1) is 0 Å². The molecule has 2 aromatic carbocycles. The van der Waals surface area contributed by atoms with Crippen LogP contribution in [0.5, 0.6) is 0 Å². The largest absolute Gasteiger partial charge is 0.452 e. The van der Waals surface area contributed by atoms with Crippen LogP contribution in [0.15, 0.2) is 53.4 Å². The fourth-order valence-electron chi connectivity index (χ4n) is 1.86. The molecular weight excluding hydrogens is 338 g/mol. The van der Waals surface area contributed by atoms with Crippen LogP contribution in [-0.4, -0.2) is 28.9 Å². The summed E-state index contributed by atoms with van der Waals surface area (Å²) in [6, 6.07) is 13.0. The van der Waals surface area contributed by atoms with Gasteiger partial charge in [0.2, 0.25) is 0 Å². The number of carbonyl (C=O) groups excluding carboxylic acids is 2. The summed E-state index contributed by atoms with van der Waals surface area (Å²) in [6.45, 7) is -0.448. The second kappa shape index (κ2) is 7.89. The van der Waals surface area contributed by atoms with Crippen LogP contribution in [0.4, 0.5) is 5.69 Å². The van der Waals surface area contributed by atoms with Gasteiger partial charge in [-0.3, -0.25) is 9.00 Å². The van der Waals surface area contributed by atoms with Crippen molar-refractivity contribution in [2.75, 3.05) is 18.2 Å². The molecule has 2 rings (SSSR count). The minimum Gasteiger partial charge on any atom is -0.452 e. The summed E-state index contributed by atoms with van der Waals surface area (Å²) in [5.74, 6) is -1.19. The number of carbonyl (C=O) groups is 2. The summed E-state index contributed by atoms with van der Waals surface area (Å²) in [5, 5.41) is 3.05. The molecule has 120 valence electrons. The van der Waals surface area contributed by atoms with Crippen molar-refractivity contribution in [3.8, 4) is 0 Å². The first-order valence-corrected chi connectivity index (χ1v) is 8.56. The van der Waals surface area contributed by atoms with Crippen LogP contribution >= 0.6 is 11.6 Å². The lowest BCUT2D eigenvalue weighted by molar-refractivity contribution is -0.119. The van der Waals surface area contributed by atoms with Gasteiger partial charge in [0.25, 0.3) is 5.91 Å². The molecule has 0 fully saturated rings. The van der Waals surface area contributed by atoms with E-state index in [1.165, 1.54) is 12.3 Å². The van der Waals surface area contributed by atoms with Gasteiger partial charge in [-0.15, -0.1) is 0 Å². The van der Waals surface area contributed by atoms with Gasteiger partial charge in [0.15, 0.2) is 6.61 Å². The summed E-state index contributed by atoms with van der Waals surface area (Å²) >= 11 is 5.82. The molecule has 0 saturated heterocycles. The number of amides is 1. The van der Waals surface area contributed by atoms with Crippen molar-refractivity contribution in [1.29, 1.82) is 0 Å². The number of hydrogen-bond acceptors (Lipinski definition) is 4. The first-order valence-electron chi connectivity index (χ1n) is 6.62. The van der Waals surface area contributed by atoms with Gasteiger partial charge in [0.05, 0.1) is 21.3 Å². The summed E-state index contributed by atoms with van der Waals surface area (Å²) in [6.07, 6.45) is 1.47. The number of anilines is 1. The number of ether oxygens (including phenoxy) is 1. The average molecular weight is 352 g/mol. The zero-order valence-electron chi connectivity index (χ0n) is 12.2. The van der Waals surface area contributed by atoms with Gasteiger partial charge in [-0.1, -0.05) is 29.8 Å². The molecule has 23 heavy (non-hydrogen) atoms. The van der Waals surface area contributed by atoms with Gasteiger partial charge >= 0.3 is 5.97 Å². The Bertz CT molecular complexity index is 763. The lowest BCUT2D eigenvalue weighted by atomic mass is 10.2. The van der Waals surface area contributed by atoms with Crippen molar-refractivity contribution in [3.05, 3.63) is 59.1 Å². The van der Waals surface area contributed by atoms with Gasteiger partial charge in [-0.25, -0.2) is 4.79 Å². The van der Waals surface area contributed by atoms with Gasteiger partial charge in [0.1, 0.15) is 0 Å². The van der Waals surface area contributed by atoms with E-state index in [0.717, 1.165) is 0 Å². The van der Waals surface area contributed by atoms with E-state index in [4.69, 9.17) is 16.3 Å². The molecule has 0 aliphatic heterocycles. The third-order valence-electron chi connectivity index (χ3n) is 2.86. The van der Waals surface area contributed by atoms with Crippen LogP contribution in [0.3, 0.4) is 0 Å². The summed E-state index contributed by atoms with van der Waals surface area (Å²) < 4.78 is 16.6. The number of halogens is 1. The first kappa shape index (κ1) is 17.2. The average Bonchev–Trinajstić information content (AvgIpc) is 2.52. The number of hydrogen-bond donors (Lipinski definition) is 1. The zero-order chi connectivity index (χ0) is 16.8. The van der Waals surface area contributed by atoms with Gasteiger partial charge in [-0.2, -0.15) is 0 Å². The number of esters is 1. The van der Waals surface area contributed by atoms with Crippen LogP contribution in [-0.2, 0) is 20.3 Å². The molecule has 0 aromatic heterocycles. The predicted molar refractivity (Wildman–Crippen MR) is 89.1 cm³/mol. The smallest absolute Gasteiger partial charge is 0.339 e. The molecule has 1 N–H and O–H groups in total. The quantitative estimate of drug-likeness (QED) is 0.841. The lowest BCUT2D eigenvalue weighted by Crippen LogP contribution is -2.21.